The second-order valence-corrected chi connectivity index (χ2v) is 2.33. The lowest BCUT2D eigenvalue weighted by molar-refractivity contribution is 0.408. The van der Waals surface area contributed by atoms with Crippen LogP contribution < -0.4 is 4.74 Å². The van der Waals surface area contributed by atoms with E-state index in [-0.39, 0.29) is 16.3 Å². The van der Waals surface area contributed by atoms with Gasteiger partial charge in [0, 0.05) is 6.04 Å². The molecule has 0 amide bonds. The fourth-order valence-electron chi connectivity index (χ4n) is 0.493. The first-order valence-electron chi connectivity index (χ1n) is 3.99. The van der Waals surface area contributed by atoms with Crippen molar-refractivity contribution in [2.75, 3.05) is 7.11 Å². The zero-order chi connectivity index (χ0) is 10.2. The summed E-state index contributed by atoms with van der Waals surface area (Å²) in [6.07, 6.45) is 0. The Balaban J connectivity index is 3.56. The highest BCUT2D eigenvalue weighted by Gasteiger charge is 1.99. The predicted molar refractivity (Wildman–Crippen MR) is 40.7 cm³/mol. The Labute approximate surface area is 71.2 Å². The lowest BCUT2D eigenvalue weighted by Gasteiger charge is -2.00. The van der Waals surface area contributed by atoms with E-state index < -0.39 is 17.9 Å². The number of hydrogen-bond donors (Lipinski definition) is 0. The molecule has 1 aromatic carbocycles. The highest BCUT2D eigenvalue weighted by molar-refractivity contribution is 9.10. The summed E-state index contributed by atoms with van der Waals surface area (Å²) in [5.74, 6) is -1.09. The Morgan fingerprint density at radius 2 is 2.40 bits per heavy atom. The van der Waals surface area contributed by atoms with Gasteiger partial charge in [0.25, 0.3) is 0 Å². The van der Waals surface area contributed by atoms with Gasteiger partial charge in [0.15, 0.2) is 0 Å². The van der Waals surface area contributed by atoms with Crippen molar-refractivity contribution in [3.05, 3.63) is 28.4 Å². The molecule has 0 saturated carbocycles. The van der Waals surface area contributed by atoms with Gasteiger partial charge in [0.05, 0.1) is 15.7 Å². The van der Waals surface area contributed by atoms with E-state index in [0.29, 0.717) is 0 Å². The Kier molecular flexibility index (Phi) is 1.31. The summed E-state index contributed by atoms with van der Waals surface area (Å²) >= 11 is 2.96. The summed E-state index contributed by atoms with van der Waals surface area (Å²) in [5.41, 5.74) is 0. The second-order valence-electron chi connectivity index (χ2n) is 1.54. The molecule has 54 valence electrons. The van der Waals surface area contributed by atoms with Crippen molar-refractivity contribution in [3.63, 3.8) is 0 Å². The number of ether oxygens (including phenoxy) is 1. The Hall–Kier alpha value is -0.570. The third-order valence-electron chi connectivity index (χ3n) is 0.909. The largest absolute Gasteiger partial charge is 0.495 e. The van der Waals surface area contributed by atoms with Crippen molar-refractivity contribution in [3.8, 4) is 5.75 Å². The van der Waals surface area contributed by atoms with Crippen molar-refractivity contribution < 1.29 is 13.2 Å². The van der Waals surface area contributed by atoms with Gasteiger partial charge >= 0.3 is 0 Å². The molecule has 1 aromatic rings. The first kappa shape index (κ1) is 4.34. The fourth-order valence-corrected chi connectivity index (χ4v) is 0.853. The smallest absolute Gasteiger partial charge is 0.135 e. The molecule has 0 saturated heterocycles. The number of rotatable bonds is 1. The second kappa shape index (κ2) is 3.01. The van der Waals surface area contributed by atoms with Crippen LogP contribution >= 0.6 is 15.9 Å². The van der Waals surface area contributed by atoms with Crippen molar-refractivity contribution >= 4 is 15.9 Å². The summed E-state index contributed by atoms with van der Waals surface area (Å²) in [7, 11) is 1.28. The normalized spacial score (nSPS) is 13.7. The minimum absolute atomic E-state index is 0.0569. The van der Waals surface area contributed by atoms with Crippen LogP contribution in [-0.4, -0.2) is 7.11 Å². The van der Waals surface area contributed by atoms with Crippen molar-refractivity contribution in [1.82, 2.24) is 0 Å². The van der Waals surface area contributed by atoms with Crippen LogP contribution in [0, 0.1) is 5.82 Å². The van der Waals surface area contributed by atoms with Crippen molar-refractivity contribution in [2.24, 2.45) is 0 Å². The van der Waals surface area contributed by atoms with Crippen LogP contribution in [0.2, 0.25) is 0 Å². The summed E-state index contributed by atoms with van der Waals surface area (Å²) in [6.45, 7) is 0. The van der Waals surface area contributed by atoms with E-state index in [4.69, 9.17) is 8.85 Å². The van der Waals surface area contributed by atoms with E-state index in [0.717, 1.165) is 0 Å². The van der Waals surface area contributed by atoms with Crippen LogP contribution in [-0.2, 0) is 0 Å². The SMILES string of the molecule is [2H]c1c([2H])c(Br)c(OC)c([2H])c1F. The number of halogens is 2. The topological polar surface area (TPSA) is 9.23 Å². The monoisotopic (exact) mass is 207 g/mol. The molecular formula is C7H6BrFO. The number of hydrogen-bond acceptors (Lipinski definition) is 1. The third kappa shape index (κ3) is 1.48. The van der Waals surface area contributed by atoms with Gasteiger partial charge in [-0.15, -0.1) is 0 Å². The number of methoxy groups -OCH3 is 1. The molecule has 0 heterocycles. The Morgan fingerprint density at radius 1 is 1.70 bits per heavy atom. The molecule has 0 aliphatic heterocycles. The van der Waals surface area contributed by atoms with Gasteiger partial charge in [-0.2, -0.15) is 0 Å². The van der Waals surface area contributed by atoms with Crippen LogP contribution in [0.1, 0.15) is 4.11 Å². The first-order valence-corrected chi connectivity index (χ1v) is 3.28. The zero-order valence-electron chi connectivity index (χ0n) is 8.16. The van der Waals surface area contributed by atoms with Gasteiger partial charge in [-0.25, -0.2) is 4.39 Å². The molecule has 0 atom stereocenters. The third-order valence-corrected chi connectivity index (χ3v) is 1.47. The van der Waals surface area contributed by atoms with E-state index in [1.54, 1.807) is 0 Å². The molecule has 3 heteroatoms. The average molecular weight is 208 g/mol. The van der Waals surface area contributed by atoms with Gasteiger partial charge in [-0.3, -0.25) is 0 Å². The summed E-state index contributed by atoms with van der Waals surface area (Å²) in [6, 6.07) is -1.42. The maximum atomic E-state index is 13.0. The van der Waals surface area contributed by atoms with Gasteiger partial charge in [-0.05, 0) is 28.0 Å². The molecule has 10 heavy (non-hydrogen) atoms. The van der Waals surface area contributed by atoms with Gasteiger partial charge in [0.2, 0.25) is 0 Å². The van der Waals surface area contributed by atoms with E-state index in [1.165, 1.54) is 7.11 Å². The molecule has 0 aliphatic carbocycles. The number of benzene rings is 1. The van der Waals surface area contributed by atoms with E-state index in [1.807, 2.05) is 0 Å². The minimum Gasteiger partial charge on any atom is -0.495 e. The summed E-state index contributed by atoms with van der Waals surface area (Å²) in [4.78, 5) is 0. The molecular weight excluding hydrogens is 199 g/mol. The molecule has 0 radical (unpaired) electrons. The molecule has 1 rings (SSSR count). The maximum Gasteiger partial charge on any atom is 0.135 e. The van der Waals surface area contributed by atoms with Gasteiger partial charge in [0.1, 0.15) is 11.6 Å². The maximum absolute atomic E-state index is 13.0. The molecule has 0 aromatic heterocycles. The summed E-state index contributed by atoms with van der Waals surface area (Å²) < 4.78 is 39.5. The lowest BCUT2D eigenvalue weighted by Crippen LogP contribution is -1.84. The average Bonchev–Trinajstić information content (AvgIpc) is 2.13. The molecule has 0 fully saturated rings. The van der Waals surface area contributed by atoms with Crippen molar-refractivity contribution in [2.45, 2.75) is 0 Å². The molecule has 0 unspecified atom stereocenters. The van der Waals surface area contributed by atoms with Crippen LogP contribution in [0.4, 0.5) is 4.39 Å². The van der Waals surface area contributed by atoms with Crippen LogP contribution in [0.3, 0.4) is 0 Å². The van der Waals surface area contributed by atoms with Gasteiger partial charge in [-0.1, -0.05) is 0 Å². The standard InChI is InChI=1S/C7H6BrFO/c1-10-7-4-5(9)2-3-6(7)8/h2-4H,1H3/i2D,3D,4D. The van der Waals surface area contributed by atoms with E-state index in [9.17, 15) is 4.39 Å². The van der Waals surface area contributed by atoms with Crippen LogP contribution in [0.15, 0.2) is 22.6 Å². The molecule has 0 N–H and O–H groups in total. The first-order chi connectivity index (χ1) is 6.00. The Bertz CT molecular complexity index is 327. The summed E-state index contributed by atoms with van der Waals surface area (Å²) in [5, 5.41) is 0. The minimum atomic E-state index is -1.04. The highest BCUT2D eigenvalue weighted by Crippen LogP contribution is 2.24. The van der Waals surface area contributed by atoms with E-state index in [2.05, 4.69) is 15.9 Å². The highest BCUT2D eigenvalue weighted by atomic mass is 79.9. The molecule has 1 nitrogen and oxygen atoms in total. The predicted octanol–water partition coefficient (Wildman–Crippen LogP) is 2.60. The van der Waals surface area contributed by atoms with E-state index >= 15 is 0 Å². The molecule has 0 spiro atoms. The fraction of sp³-hybridized carbons (Fsp3) is 0.143. The quantitative estimate of drug-likeness (QED) is 0.689. The zero-order valence-corrected chi connectivity index (χ0v) is 6.75. The van der Waals surface area contributed by atoms with Crippen molar-refractivity contribution in [1.29, 1.82) is 0 Å². The van der Waals surface area contributed by atoms with Crippen LogP contribution in [0.25, 0.3) is 0 Å². The van der Waals surface area contributed by atoms with Gasteiger partial charge < -0.3 is 4.74 Å². The lowest BCUT2D eigenvalue weighted by atomic mass is 10.3. The Morgan fingerprint density at radius 3 is 3.00 bits per heavy atom. The molecule has 0 aliphatic rings. The van der Waals surface area contributed by atoms with Crippen LogP contribution in [0.5, 0.6) is 5.75 Å². The molecule has 0 bridgehead atoms.